The van der Waals surface area contributed by atoms with Crippen LogP contribution in [0.4, 0.5) is 17.1 Å². The first-order chi connectivity index (χ1) is 31.7. The second-order valence-corrected chi connectivity index (χ2v) is 16.8. The van der Waals surface area contributed by atoms with Crippen LogP contribution >= 0.6 is 0 Å². The minimum Gasteiger partial charge on any atom is -0.455 e. The van der Waals surface area contributed by atoms with Gasteiger partial charge in [-0.15, -0.1) is 0 Å². The van der Waals surface area contributed by atoms with Gasteiger partial charge in [-0.2, -0.15) is 0 Å². The van der Waals surface area contributed by atoms with Gasteiger partial charge in [0, 0.05) is 33.1 Å². The number of furan rings is 1. The summed E-state index contributed by atoms with van der Waals surface area (Å²) in [4.78, 5) is 2.42. The van der Waals surface area contributed by atoms with Crippen LogP contribution in [0.2, 0.25) is 0 Å². The Morgan fingerprint density at radius 2 is 0.719 bits per heavy atom. The van der Waals surface area contributed by atoms with Crippen molar-refractivity contribution in [1.82, 2.24) is 0 Å². The van der Waals surface area contributed by atoms with Crippen LogP contribution in [0.1, 0.15) is 0 Å². The lowest BCUT2D eigenvalue weighted by atomic mass is 9.93. The van der Waals surface area contributed by atoms with Crippen molar-refractivity contribution >= 4 is 92.9 Å². The van der Waals surface area contributed by atoms with Gasteiger partial charge >= 0.3 is 0 Å². The maximum atomic E-state index is 6.59. The zero-order valence-electron chi connectivity index (χ0n) is 34.9. The van der Waals surface area contributed by atoms with E-state index in [1.165, 1.54) is 70.7 Å². The summed E-state index contributed by atoms with van der Waals surface area (Å²) in [5, 5.41) is 14.6. The standard InChI is InChI=1S/C62H39NO/c1-4-15-47-40(12-1)30-37-55-49(19-9-21-52(47)55)43-26-33-45(34-27-43)63(59-24-8-7-18-57(59)54-23-10-22-53-48-16-5-2-13-41(48)31-38-56(53)54)46-35-28-44(29-36-46)50-20-11-25-60-61(50)58-39-32-42-14-3-6-17-51(42)62(58)64-60/h1-39H. The Balaban J connectivity index is 0.973. The normalized spacial score (nSPS) is 11.8. The number of hydrogen-bond acceptors (Lipinski definition) is 2. The lowest BCUT2D eigenvalue weighted by Gasteiger charge is -2.28. The monoisotopic (exact) mass is 813 g/mol. The Labute approximate surface area is 370 Å². The van der Waals surface area contributed by atoms with Crippen LogP contribution < -0.4 is 4.90 Å². The Morgan fingerprint density at radius 3 is 1.38 bits per heavy atom. The van der Waals surface area contributed by atoms with Crippen LogP contribution in [0.25, 0.3) is 109 Å². The van der Waals surface area contributed by atoms with Gasteiger partial charge in [-0.1, -0.05) is 194 Å². The molecule has 13 aromatic rings. The van der Waals surface area contributed by atoms with Crippen molar-refractivity contribution < 1.29 is 4.42 Å². The van der Waals surface area contributed by atoms with Crippen molar-refractivity contribution in [2.45, 2.75) is 0 Å². The van der Waals surface area contributed by atoms with Gasteiger partial charge in [0.05, 0.1) is 5.69 Å². The summed E-state index contributed by atoms with van der Waals surface area (Å²) in [6.45, 7) is 0. The molecule has 0 bridgehead atoms. The minimum absolute atomic E-state index is 0.894. The molecule has 1 aromatic heterocycles. The molecule has 13 rings (SSSR count). The summed E-state index contributed by atoms with van der Waals surface area (Å²) >= 11 is 0. The molecule has 0 aliphatic heterocycles. The van der Waals surface area contributed by atoms with Gasteiger partial charge in [0.15, 0.2) is 0 Å². The Hall–Kier alpha value is -8.46. The molecule has 298 valence electrons. The first-order valence-electron chi connectivity index (χ1n) is 22.0. The fourth-order valence-corrected chi connectivity index (χ4v) is 10.3. The number of rotatable bonds is 6. The number of benzene rings is 12. The van der Waals surface area contributed by atoms with E-state index < -0.39 is 0 Å². The second kappa shape index (κ2) is 14.6. The summed E-state index contributed by atoms with van der Waals surface area (Å²) in [6.07, 6.45) is 0. The molecule has 0 saturated carbocycles. The Bertz CT molecular complexity index is 3950. The lowest BCUT2D eigenvalue weighted by molar-refractivity contribution is 0.673. The Kier molecular flexibility index (Phi) is 8.25. The van der Waals surface area contributed by atoms with E-state index in [0.717, 1.165) is 55.5 Å². The molecule has 0 radical (unpaired) electrons. The fourth-order valence-electron chi connectivity index (χ4n) is 10.3. The van der Waals surface area contributed by atoms with Crippen LogP contribution in [0.5, 0.6) is 0 Å². The molecular weight excluding hydrogens is 775 g/mol. The van der Waals surface area contributed by atoms with Gasteiger partial charge in [-0.05, 0) is 119 Å². The van der Waals surface area contributed by atoms with Crippen LogP contribution in [0.15, 0.2) is 241 Å². The van der Waals surface area contributed by atoms with Crippen LogP contribution in [-0.2, 0) is 0 Å². The van der Waals surface area contributed by atoms with Gasteiger partial charge in [0.25, 0.3) is 0 Å². The molecule has 0 fully saturated rings. The predicted octanol–water partition coefficient (Wildman–Crippen LogP) is 17.8. The Morgan fingerprint density at radius 1 is 0.266 bits per heavy atom. The number of hydrogen-bond donors (Lipinski definition) is 0. The molecule has 0 aliphatic carbocycles. The van der Waals surface area contributed by atoms with E-state index >= 15 is 0 Å². The first kappa shape index (κ1) is 36.2. The highest BCUT2D eigenvalue weighted by Crippen LogP contribution is 2.46. The number of fused-ring (bicyclic) bond motifs is 11. The fraction of sp³-hybridized carbons (Fsp3) is 0. The molecule has 0 N–H and O–H groups in total. The number of para-hydroxylation sites is 1. The highest BCUT2D eigenvalue weighted by Gasteiger charge is 2.21. The third-order valence-electron chi connectivity index (χ3n) is 13.3. The van der Waals surface area contributed by atoms with Crippen molar-refractivity contribution in [2.24, 2.45) is 0 Å². The van der Waals surface area contributed by atoms with Crippen LogP contribution in [0.3, 0.4) is 0 Å². The minimum atomic E-state index is 0.894. The molecule has 2 nitrogen and oxygen atoms in total. The third kappa shape index (κ3) is 5.73. The summed E-state index contributed by atoms with van der Waals surface area (Å²) in [7, 11) is 0. The van der Waals surface area contributed by atoms with Crippen molar-refractivity contribution in [1.29, 1.82) is 0 Å². The predicted molar refractivity (Wildman–Crippen MR) is 272 cm³/mol. The molecule has 0 spiro atoms. The summed E-state index contributed by atoms with van der Waals surface area (Å²) < 4.78 is 6.59. The SMILES string of the molecule is c1ccc(N(c2ccc(-c3cccc4c3ccc3ccccc34)cc2)c2ccc(-c3cccc4oc5c6ccccc6ccc5c34)cc2)c(-c2cccc3c2ccc2ccccc23)c1. The van der Waals surface area contributed by atoms with E-state index in [9.17, 15) is 0 Å². The van der Waals surface area contributed by atoms with Gasteiger partial charge in [-0.25, -0.2) is 0 Å². The summed E-state index contributed by atoms with van der Waals surface area (Å²) in [5.41, 5.74) is 12.1. The van der Waals surface area contributed by atoms with Gasteiger partial charge in [0.1, 0.15) is 11.2 Å². The largest absolute Gasteiger partial charge is 0.455 e. The van der Waals surface area contributed by atoms with Crippen molar-refractivity contribution in [2.75, 3.05) is 4.90 Å². The van der Waals surface area contributed by atoms with Gasteiger partial charge in [0.2, 0.25) is 0 Å². The van der Waals surface area contributed by atoms with Crippen LogP contribution in [0, 0.1) is 0 Å². The topological polar surface area (TPSA) is 16.4 Å². The van der Waals surface area contributed by atoms with Crippen molar-refractivity contribution in [3.8, 4) is 33.4 Å². The smallest absolute Gasteiger partial charge is 0.143 e. The highest BCUT2D eigenvalue weighted by molar-refractivity contribution is 6.19. The molecular formula is C62H39NO. The highest BCUT2D eigenvalue weighted by atomic mass is 16.3. The second-order valence-electron chi connectivity index (χ2n) is 16.8. The summed E-state index contributed by atoms with van der Waals surface area (Å²) in [6, 6.07) is 86.1. The van der Waals surface area contributed by atoms with E-state index in [2.05, 4.69) is 241 Å². The third-order valence-corrected chi connectivity index (χ3v) is 13.3. The van der Waals surface area contributed by atoms with E-state index in [4.69, 9.17) is 4.42 Å². The number of anilines is 3. The lowest BCUT2D eigenvalue weighted by Crippen LogP contribution is -2.11. The zero-order valence-corrected chi connectivity index (χ0v) is 34.9. The van der Waals surface area contributed by atoms with Crippen LogP contribution in [-0.4, -0.2) is 0 Å². The molecule has 0 unspecified atom stereocenters. The quantitative estimate of drug-likeness (QED) is 0.156. The van der Waals surface area contributed by atoms with E-state index in [-0.39, 0.29) is 0 Å². The molecule has 0 aliphatic rings. The molecule has 12 aromatic carbocycles. The molecule has 0 amide bonds. The molecule has 0 atom stereocenters. The van der Waals surface area contributed by atoms with E-state index in [1.807, 2.05) is 0 Å². The van der Waals surface area contributed by atoms with E-state index in [1.54, 1.807) is 0 Å². The maximum absolute atomic E-state index is 6.59. The van der Waals surface area contributed by atoms with Gasteiger partial charge < -0.3 is 9.32 Å². The van der Waals surface area contributed by atoms with Gasteiger partial charge in [-0.3, -0.25) is 0 Å². The molecule has 64 heavy (non-hydrogen) atoms. The number of nitrogens with zero attached hydrogens (tertiary/aromatic N) is 1. The molecule has 2 heteroatoms. The molecule has 1 heterocycles. The summed E-state index contributed by atoms with van der Waals surface area (Å²) in [5.74, 6) is 0. The average Bonchev–Trinajstić information content (AvgIpc) is 3.76. The van der Waals surface area contributed by atoms with Crippen molar-refractivity contribution in [3.63, 3.8) is 0 Å². The zero-order chi connectivity index (χ0) is 42.1. The van der Waals surface area contributed by atoms with E-state index in [0.29, 0.717) is 0 Å². The average molecular weight is 814 g/mol. The molecule has 0 saturated heterocycles. The first-order valence-corrected chi connectivity index (χ1v) is 22.0. The maximum Gasteiger partial charge on any atom is 0.143 e. The van der Waals surface area contributed by atoms with Crippen molar-refractivity contribution in [3.05, 3.63) is 237 Å².